The Balaban J connectivity index is 1.64. The summed E-state index contributed by atoms with van der Waals surface area (Å²) >= 11 is 6.20. The Morgan fingerprint density at radius 2 is 1.73 bits per heavy atom. The molecule has 176 valence electrons. The molecule has 1 aliphatic heterocycles. The van der Waals surface area contributed by atoms with E-state index in [4.69, 9.17) is 16.3 Å². The maximum absolute atomic E-state index is 12.8. The number of ether oxygens (including phenoxy) is 1. The quantitative estimate of drug-likeness (QED) is 0.633. The lowest BCUT2D eigenvalue weighted by atomic mass is 9.87. The molecule has 2 aromatic carbocycles. The van der Waals surface area contributed by atoms with Gasteiger partial charge in [0.2, 0.25) is 11.8 Å². The number of halogens is 1. The van der Waals surface area contributed by atoms with Gasteiger partial charge in [0.05, 0.1) is 12.0 Å². The van der Waals surface area contributed by atoms with Crippen LogP contribution in [0.3, 0.4) is 0 Å². The summed E-state index contributed by atoms with van der Waals surface area (Å²) in [5, 5.41) is 6.31. The third-order valence-electron chi connectivity index (χ3n) is 5.97. The number of carbonyl (C=O) groups excluding carboxylic acids is 3. The molecule has 8 heteroatoms. The van der Waals surface area contributed by atoms with Gasteiger partial charge in [0.1, 0.15) is 6.61 Å². The van der Waals surface area contributed by atoms with E-state index in [0.29, 0.717) is 36.6 Å². The Bertz CT molecular complexity index is 985. The Kier molecular flexibility index (Phi) is 8.33. The zero-order chi connectivity index (χ0) is 23.8. The summed E-state index contributed by atoms with van der Waals surface area (Å²) in [6.07, 6.45) is 1.41. The predicted molar refractivity (Wildman–Crippen MR) is 128 cm³/mol. The van der Waals surface area contributed by atoms with Crippen molar-refractivity contribution in [3.63, 3.8) is 0 Å². The molecule has 2 aromatic rings. The van der Waals surface area contributed by atoms with Crippen LogP contribution in [-0.4, -0.2) is 48.0 Å². The molecular formula is C25H30ClN3O4. The van der Waals surface area contributed by atoms with Gasteiger partial charge in [0.25, 0.3) is 0 Å². The summed E-state index contributed by atoms with van der Waals surface area (Å²) in [4.78, 5) is 38.7. The van der Waals surface area contributed by atoms with E-state index in [2.05, 4.69) is 17.6 Å². The fraction of sp³-hybridized carbons (Fsp3) is 0.400. The number of benzene rings is 2. The zero-order valence-electron chi connectivity index (χ0n) is 19.0. The SMILES string of the molecule is CCc1ccc(NC(=O)OCC2(NC(=O)Cc3ccccc3Cl)CCN(C(C)=O)CC2)cc1. The normalized spacial score (nSPS) is 14.9. The van der Waals surface area contributed by atoms with Crippen LogP contribution >= 0.6 is 11.6 Å². The first kappa shape index (κ1) is 24.6. The molecule has 0 saturated carbocycles. The van der Waals surface area contributed by atoms with Crippen LogP contribution in [-0.2, 0) is 27.2 Å². The average Bonchev–Trinajstić information content (AvgIpc) is 2.80. The summed E-state index contributed by atoms with van der Waals surface area (Å²) in [7, 11) is 0. The Hall–Kier alpha value is -3.06. The molecule has 0 spiro atoms. The number of carbonyl (C=O) groups is 3. The number of nitrogens with zero attached hydrogens (tertiary/aromatic N) is 1. The van der Waals surface area contributed by atoms with E-state index in [9.17, 15) is 14.4 Å². The second-order valence-corrected chi connectivity index (χ2v) is 8.76. The summed E-state index contributed by atoms with van der Waals surface area (Å²) in [5.74, 6) is -0.223. The molecule has 7 nitrogen and oxygen atoms in total. The summed E-state index contributed by atoms with van der Waals surface area (Å²) in [6, 6.07) is 14.7. The molecule has 0 aliphatic carbocycles. The molecular weight excluding hydrogens is 442 g/mol. The van der Waals surface area contributed by atoms with Crippen LogP contribution in [0, 0.1) is 0 Å². The fourth-order valence-corrected chi connectivity index (χ4v) is 4.09. The van der Waals surface area contributed by atoms with E-state index < -0.39 is 11.6 Å². The zero-order valence-corrected chi connectivity index (χ0v) is 19.8. The lowest BCUT2D eigenvalue weighted by Gasteiger charge is -2.41. The van der Waals surface area contributed by atoms with Crippen LogP contribution < -0.4 is 10.6 Å². The Labute approximate surface area is 199 Å². The summed E-state index contributed by atoms with van der Waals surface area (Å²) < 4.78 is 5.52. The van der Waals surface area contributed by atoms with Crippen LogP contribution in [0.1, 0.15) is 37.8 Å². The first-order valence-corrected chi connectivity index (χ1v) is 11.5. The second kappa shape index (κ2) is 11.2. The molecule has 1 heterocycles. The largest absolute Gasteiger partial charge is 0.447 e. The number of amides is 3. The molecule has 0 unspecified atom stereocenters. The first-order chi connectivity index (χ1) is 15.8. The molecule has 0 bridgehead atoms. The van der Waals surface area contributed by atoms with Crippen molar-refractivity contribution in [2.75, 3.05) is 25.0 Å². The first-order valence-electron chi connectivity index (χ1n) is 11.1. The highest BCUT2D eigenvalue weighted by atomic mass is 35.5. The number of likely N-dealkylation sites (tertiary alicyclic amines) is 1. The highest BCUT2D eigenvalue weighted by Crippen LogP contribution is 2.24. The minimum absolute atomic E-state index is 0.00584. The van der Waals surface area contributed by atoms with E-state index in [-0.39, 0.29) is 24.8 Å². The lowest BCUT2D eigenvalue weighted by Crippen LogP contribution is -2.59. The fourth-order valence-electron chi connectivity index (χ4n) is 3.89. The smallest absolute Gasteiger partial charge is 0.411 e. The molecule has 3 rings (SSSR count). The van der Waals surface area contributed by atoms with E-state index >= 15 is 0 Å². The van der Waals surface area contributed by atoms with Crippen molar-refractivity contribution in [2.24, 2.45) is 0 Å². The number of anilines is 1. The molecule has 1 fully saturated rings. The number of hydrogen-bond donors (Lipinski definition) is 2. The predicted octanol–water partition coefficient (Wildman–Crippen LogP) is 4.19. The van der Waals surface area contributed by atoms with Gasteiger partial charge in [-0.05, 0) is 48.6 Å². The highest BCUT2D eigenvalue weighted by Gasteiger charge is 2.38. The highest BCUT2D eigenvalue weighted by molar-refractivity contribution is 6.31. The van der Waals surface area contributed by atoms with Gasteiger partial charge >= 0.3 is 6.09 Å². The van der Waals surface area contributed by atoms with Crippen molar-refractivity contribution in [1.29, 1.82) is 0 Å². The van der Waals surface area contributed by atoms with Crippen molar-refractivity contribution in [1.82, 2.24) is 10.2 Å². The van der Waals surface area contributed by atoms with Crippen LogP contribution in [0.4, 0.5) is 10.5 Å². The number of nitrogens with one attached hydrogen (secondary N) is 2. The van der Waals surface area contributed by atoms with E-state index in [1.54, 1.807) is 17.0 Å². The minimum Gasteiger partial charge on any atom is -0.447 e. The van der Waals surface area contributed by atoms with Crippen molar-refractivity contribution in [2.45, 2.75) is 45.1 Å². The topological polar surface area (TPSA) is 87.7 Å². The molecule has 3 amide bonds. The van der Waals surface area contributed by atoms with Crippen molar-refractivity contribution in [3.8, 4) is 0 Å². The molecule has 1 aliphatic rings. The minimum atomic E-state index is -0.756. The maximum atomic E-state index is 12.8. The molecule has 0 aromatic heterocycles. The third kappa shape index (κ3) is 6.96. The van der Waals surface area contributed by atoms with Gasteiger partial charge in [0, 0.05) is 30.7 Å². The molecule has 2 N–H and O–H groups in total. The van der Waals surface area contributed by atoms with Crippen molar-refractivity contribution >= 4 is 35.2 Å². The van der Waals surface area contributed by atoms with Crippen molar-refractivity contribution in [3.05, 3.63) is 64.7 Å². The molecule has 0 atom stereocenters. The Morgan fingerprint density at radius 3 is 2.33 bits per heavy atom. The number of aryl methyl sites for hydroxylation is 1. The van der Waals surface area contributed by atoms with Crippen molar-refractivity contribution < 1.29 is 19.1 Å². The van der Waals surface area contributed by atoms with E-state index in [0.717, 1.165) is 12.0 Å². The van der Waals surface area contributed by atoms with Crippen LogP contribution in [0.25, 0.3) is 0 Å². The van der Waals surface area contributed by atoms with Gasteiger partial charge in [-0.15, -0.1) is 0 Å². The standard InChI is InChI=1S/C25H30ClN3O4/c1-3-19-8-10-21(11-9-19)27-24(32)33-17-25(12-14-29(15-13-25)18(2)30)28-23(31)16-20-6-4-5-7-22(20)26/h4-11H,3,12-17H2,1-2H3,(H,27,32)(H,28,31). The lowest BCUT2D eigenvalue weighted by molar-refractivity contribution is -0.131. The van der Waals surface area contributed by atoms with Crippen LogP contribution in [0.15, 0.2) is 48.5 Å². The monoisotopic (exact) mass is 471 g/mol. The number of piperidine rings is 1. The van der Waals surface area contributed by atoms with Gasteiger partial charge in [-0.1, -0.05) is 48.9 Å². The van der Waals surface area contributed by atoms with Gasteiger partial charge < -0.3 is 15.0 Å². The Morgan fingerprint density at radius 1 is 1.06 bits per heavy atom. The van der Waals surface area contributed by atoms with Crippen LogP contribution in [0.2, 0.25) is 5.02 Å². The number of hydrogen-bond acceptors (Lipinski definition) is 4. The third-order valence-corrected chi connectivity index (χ3v) is 6.34. The van der Waals surface area contributed by atoms with E-state index in [1.807, 2.05) is 36.4 Å². The van der Waals surface area contributed by atoms with Gasteiger partial charge in [-0.3, -0.25) is 14.9 Å². The summed E-state index contributed by atoms with van der Waals surface area (Å²) in [5.41, 5.74) is 1.78. The maximum Gasteiger partial charge on any atom is 0.411 e. The van der Waals surface area contributed by atoms with Crippen LogP contribution in [0.5, 0.6) is 0 Å². The number of rotatable bonds is 7. The van der Waals surface area contributed by atoms with Gasteiger partial charge in [-0.25, -0.2) is 4.79 Å². The molecule has 0 radical (unpaired) electrons. The summed E-state index contributed by atoms with van der Waals surface area (Å²) in [6.45, 7) is 4.55. The second-order valence-electron chi connectivity index (χ2n) is 8.35. The van der Waals surface area contributed by atoms with Gasteiger partial charge in [0.15, 0.2) is 0 Å². The van der Waals surface area contributed by atoms with Gasteiger partial charge in [-0.2, -0.15) is 0 Å². The molecule has 33 heavy (non-hydrogen) atoms. The average molecular weight is 472 g/mol. The van der Waals surface area contributed by atoms with E-state index in [1.165, 1.54) is 12.5 Å². The molecule has 1 saturated heterocycles.